The molecule has 2 N–H and O–H groups in total. The van der Waals surface area contributed by atoms with Crippen LogP contribution in [0.3, 0.4) is 0 Å². The summed E-state index contributed by atoms with van der Waals surface area (Å²) in [6, 6.07) is 11.6. The van der Waals surface area contributed by atoms with E-state index in [1.165, 1.54) is 0 Å². The van der Waals surface area contributed by atoms with Crippen molar-refractivity contribution in [2.75, 3.05) is 43.4 Å². The van der Waals surface area contributed by atoms with Gasteiger partial charge in [-0.15, -0.1) is 0 Å². The molecule has 1 fully saturated rings. The number of hydrogen-bond acceptors (Lipinski definition) is 6. The molecule has 0 radical (unpaired) electrons. The van der Waals surface area contributed by atoms with Crippen LogP contribution in [0, 0.1) is 6.92 Å². The number of rotatable bonds is 4. The van der Waals surface area contributed by atoms with E-state index in [2.05, 4.69) is 38.4 Å². The minimum Gasteiger partial charge on any atom is -0.353 e. The summed E-state index contributed by atoms with van der Waals surface area (Å²) in [7, 11) is 2.15. The average molecular weight is 507 g/mol. The first-order valence-corrected chi connectivity index (χ1v) is 12.2. The topological polar surface area (TPSA) is 77.4 Å². The van der Waals surface area contributed by atoms with E-state index in [1.807, 2.05) is 48.0 Å². The molecule has 1 saturated heterocycles. The van der Waals surface area contributed by atoms with Gasteiger partial charge in [0.25, 0.3) is 0 Å². The molecule has 35 heavy (non-hydrogen) atoms. The third-order valence-corrected chi connectivity index (χ3v) is 7.07. The fourth-order valence-electron chi connectivity index (χ4n) is 4.47. The lowest BCUT2D eigenvalue weighted by atomic mass is 10.1. The number of aromatic amines is 1. The number of halogens is 2. The number of nitrogens with zero attached hydrogens (tertiary/aromatic N) is 6. The van der Waals surface area contributed by atoms with E-state index in [-0.39, 0.29) is 0 Å². The van der Waals surface area contributed by atoms with Crippen LogP contribution in [0.25, 0.3) is 27.8 Å². The Kier molecular flexibility index (Phi) is 5.51. The van der Waals surface area contributed by atoms with Gasteiger partial charge in [-0.2, -0.15) is 5.10 Å². The second-order valence-corrected chi connectivity index (χ2v) is 9.75. The monoisotopic (exact) mass is 506 g/mol. The predicted molar refractivity (Wildman–Crippen MR) is 142 cm³/mol. The number of likely N-dealkylation sites (N-methyl/N-ethyl adjacent to an activating group) is 1. The summed E-state index contributed by atoms with van der Waals surface area (Å²) in [5.74, 6) is 1.73. The lowest BCUT2D eigenvalue weighted by Crippen LogP contribution is -2.44. The molecule has 4 heterocycles. The molecule has 0 atom stereocenters. The molecule has 0 aliphatic carbocycles. The van der Waals surface area contributed by atoms with E-state index in [9.17, 15) is 0 Å². The summed E-state index contributed by atoms with van der Waals surface area (Å²) in [4.78, 5) is 14.3. The van der Waals surface area contributed by atoms with E-state index in [0.717, 1.165) is 77.0 Å². The van der Waals surface area contributed by atoms with Crippen LogP contribution in [0.15, 0.2) is 48.8 Å². The zero-order chi connectivity index (χ0) is 24.1. The van der Waals surface area contributed by atoms with Crippen molar-refractivity contribution in [3.8, 4) is 11.3 Å². The smallest absolute Gasteiger partial charge is 0.157 e. The third-order valence-electron chi connectivity index (χ3n) is 6.52. The first-order chi connectivity index (χ1) is 17.0. The van der Waals surface area contributed by atoms with Gasteiger partial charge in [0.15, 0.2) is 5.65 Å². The average Bonchev–Trinajstić information content (AvgIpc) is 3.41. The fourth-order valence-corrected chi connectivity index (χ4v) is 4.92. The van der Waals surface area contributed by atoms with Crippen molar-refractivity contribution >= 4 is 57.1 Å². The Morgan fingerprint density at radius 2 is 1.86 bits per heavy atom. The molecule has 2 aromatic carbocycles. The first kappa shape index (κ1) is 22.2. The number of H-pyrrole nitrogens is 1. The number of anilines is 3. The predicted octanol–water partition coefficient (Wildman–Crippen LogP) is 5.38. The maximum Gasteiger partial charge on any atom is 0.157 e. The fraction of sp³-hybridized carbons (Fsp3) is 0.240. The second-order valence-electron chi connectivity index (χ2n) is 8.90. The highest BCUT2D eigenvalue weighted by Gasteiger charge is 2.20. The van der Waals surface area contributed by atoms with Crippen LogP contribution in [0.2, 0.25) is 10.0 Å². The molecule has 3 aromatic heterocycles. The highest BCUT2D eigenvalue weighted by molar-refractivity contribution is 6.36. The molecule has 1 aliphatic rings. The molecular formula is C25H24Cl2N8. The van der Waals surface area contributed by atoms with Crippen LogP contribution in [-0.4, -0.2) is 62.7 Å². The summed E-state index contributed by atoms with van der Waals surface area (Å²) >= 11 is 12.7. The van der Waals surface area contributed by atoms with Gasteiger partial charge >= 0.3 is 0 Å². The number of nitrogens with one attached hydrogen (secondary N) is 2. The van der Waals surface area contributed by atoms with Gasteiger partial charge in [-0.25, -0.2) is 9.97 Å². The van der Waals surface area contributed by atoms with Crippen LogP contribution < -0.4 is 10.2 Å². The zero-order valence-electron chi connectivity index (χ0n) is 19.4. The highest BCUT2D eigenvalue weighted by Crippen LogP contribution is 2.36. The van der Waals surface area contributed by atoms with Crippen molar-refractivity contribution in [3.05, 3.63) is 64.5 Å². The summed E-state index contributed by atoms with van der Waals surface area (Å²) < 4.78 is 2.05. The molecule has 6 rings (SSSR count). The summed E-state index contributed by atoms with van der Waals surface area (Å²) in [5.41, 5.74) is 5.20. The third kappa shape index (κ3) is 4.07. The Morgan fingerprint density at radius 1 is 1.03 bits per heavy atom. The van der Waals surface area contributed by atoms with Crippen LogP contribution in [0.1, 0.15) is 5.69 Å². The van der Waals surface area contributed by atoms with E-state index >= 15 is 0 Å². The van der Waals surface area contributed by atoms with Crippen LogP contribution in [0.4, 0.5) is 17.3 Å². The standard InChI is InChI=1S/C25H24Cl2N8/c1-15-18-11-16(3-5-20(18)32-31-15)24-25(29-21-6-4-17(26)12-19(21)27)35-14-23(28-13-22(35)30-24)34-9-7-33(2)8-10-34/h3-6,11-14,29H,7-10H2,1-2H3,(H,31,32). The molecule has 1 aliphatic heterocycles. The lowest BCUT2D eigenvalue weighted by Gasteiger charge is -2.33. The van der Waals surface area contributed by atoms with E-state index in [0.29, 0.717) is 10.0 Å². The van der Waals surface area contributed by atoms with Gasteiger partial charge in [-0.3, -0.25) is 9.50 Å². The Morgan fingerprint density at radius 3 is 2.66 bits per heavy atom. The van der Waals surface area contributed by atoms with Crippen molar-refractivity contribution < 1.29 is 0 Å². The van der Waals surface area contributed by atoms with E-state index in [4.69, 9.17) is 33.2 Å². The Hall–Kier alpha value is -3.33. The minimum absolute atomic E-state index is 0.535. The van der Waals surface area contributed by atoms with Gasteiger partial charge in [0.2, 0.25) is 0 Å². The molecule has 0 spiro atoms. The van der Waals surface area contributed by atoms with E-state index < -0.39 is 0 Å². The van der Waals surface area contributed by atoms with Gasteiger partial charge in [0.05, 0.1) is 28.6 Å². The maximum absolute atomic E-state index is 6.53. The minimum atomic E-state index is 0.535. The van der Waals surface area contributed by atoms with E-state index in [1.54, 1.807) is 6.07 Å². The number of piperazine rings is 1. The van der Waals surface area contributed by atoms with Crippen LogP contribution >= 0.6 is 23.2 Å². The summed E-state index contributed by atoms with van der Waals surface area (Å²) in [6.07, 6.45) is 3.87. The number of hydrogen-bond donors (Lipinski definition) is 2. The zero-order valence-corrected chi connectivity index (χ0v) is 20.9. The Balaban J connectivity index is 1.51. The Bertz CT molecular complexity index is 1550. The van der Waals surface area contributed by atoms with Crippen molar-refractivity contribution in [1.29, 1.82) is 0 Å². The molecule has 5 aromatic rings. The SMILES string of the molecule is Cc1[nH]nc2ccc(-c3nc4cnc(N5CCN(C)CC5)cn4c3Nc3ccc(Cl)cc3Cl)cc12. The van der Waals surface area contributed by atoms with Gasteiger partial charge in [0, 0.05) is 47.8 Å². The number of imidazole rings is 1. The van der Waals surface area contributed by atoms with Crippen LogP contribution in [-0.2, 0) is 0 Å². The van der Waals surface area contributed by atoms with Gasteiger partial charge in [-0.1, -0.05) is 29.3 Å². The molecule has 0 bridgehead atoms. The van der Waals surface area contributed by atoms with Crippen LogP contribution in [0.5, 0.6) is 0 Å². The van der Waals surface area contributed by atoms with Gasteiger partial charge in [-0.05, 0) is 44.3 Å². The van der Waals surface area contributed by atoms with Crippen molar-refractivity contribution in [2.45, 2.75) is 6.92 Å². The number of aryl methyl sites for hydroxylation is 1. The maximum atomic E-state index is 6.53. The largest absolute Gasteiger partial charge is 0.353 e. The molecule has 10 heteroatoms. The molecule has 0 amide bonds. The summed E-state index contributed by atoms with van der Waals surface area (Å²) in [6.45, 7) is 5.88. The van der Waals surface area contributed by atoms with Crippen molar-refractivity contribution in [3.63, 3.8) is 0 Å². The highest BCUT2D eigenvalue weighted by atomic mass is 35.5. The molecule has 0 saturated carbocycles. The lowest BCUT2D eigenvalue weighted by molar-refractivity contribution is 0.312. The summed E-state index contributed by atoms with van der Waals surface area (Å²) in [5, 5.41) is 13.1. The van der Waals surface area contributed by atoms with Crippen molar-refractivity contribution in [1.82, 2.24) is 29.5 Å². The quantitative estimate of drug-likeness (QED) is 0.340. The normalized spacial score (nSPS) is 14.8. The molecule has 8 nitrogen and oxygen atoms in total. The van der Waals surface area contributed by atoms with Gasteiger partial charge in [0.1, 0.15) is 17.3 Å². The van der Waals surface area contributed by atoms with Gasteiger partial charge < -0.3 is 15.1 Å². The number of fused-ring (bicyclic) bond motifs is 2. The first-order valence-electron chi connectivity index (χ1n) is 11.4. The Labute approximate surface area is 212 Å². The number of aromatic nitrogens is 5. The second kappa shape index (κ2) is 8.71. The van der Waals surface area contributed by atoms with Crippen molar-refractivity contribution in [2.24, 2.45) is 0 Å². The number of benzene rings is 2. The molecule has 0 unspecified atom stereocenters. The molecule has 178 valence electrons. The molecular weight excluding hydrogens is 483 g/mol.